The molecule has 2 aromatic carbocycles. The standard InChI is InChI=1S/C18H18FIN2O2/c1-11(2)16(18(24)21-15-10-6-5-9-14(15)20)22-17(23)12-7-3-4-8-13(12)19/h3-11,16H,1-2H3,(H,21,24)(H,22,23)/t16-/m0/s1. The van der Waals surface area contributed by atoms with Crippen LogP contribution in [0.2, 0.25) is 0 Å². The summed E-state index contributed by atoms with van der Waals surface area (Å²) >= 11 is 2.12. The van der Waals surface area contributed by atoms with E-state index in [1.807, 2.05) is 32.0 Å². The first-order valence-electron chi connectivity index (χ1n) is 7.51. The number of para-hydroxylation sites is 1. The van der Waals surface area contributed by atoms with Gasteiger partial charge in [0.05, 0.1) is 11.3 Å². The van der Waals surface area contributed by atoms with E-state index in [-0.39, 0.29) is 17.4 Å². The van der Waals surface area contributed by atoms with Gasteiger partial charge in [0.1, 0.15) is 11.9 Å². The van der Waals surface area contributed by atoms with Gasteiger partial charge in [-0.05, 0) is 52.8 Å². The molecule has 0 unspecified atom stereocenters. The van der Waals surface area contributed by atoms with E-state index >= 15 is 0 Å². The largest absolute Gasteiger partial charge is 0.340 e. The maximum atomic E-state index is 13.7. The molecule has 0 aliphatic rings. The van der Waals surface area contributed by atoms with Gasteiger partial charge in [-0.1, -0.05) is 38.1 Å². The Labute approximate surface area is 154 Å². The summed E-state index contributed by atoms with van der Waals surface area (Å²) in [5.74, 6) is -1.71. The predicted molar refractivity (Wildman–Crippen MR) is 100 cm³/mol. The number of hydrogen-bond acceptors (Lipinski definition) is 2. The summed E-state index contributed by atoms with van der Waals surface area (Å²) in [4.78, 5) is 24.8. The van der Waals surface area contributed by atoms with Crippen molar-refractivity contribution in [3.63, 3.8) is 0 Å². The van der Waals surface area contributed by atoms with Crippen LogP contribution >= 0.6 is 22.6 Å². The predicted octanol–water partition coefficient (Wildman–Crippen LogP) is 3.82. The summed E-state index contributed by atoms with van der Waals surface area (Å²) in [5, 5.41) is 5.43. The second-order valence-electron chi connectivity index (χ2n) is 5.64. The zero-order valence-electron chi connectivity index (χ0n) is 13.3. The molecule has 126 valence electrons. The van der Waals surface area contributed by atoms with Crippen molar-refractivity contribution in [2.45, 2.75) is 19.9 Å². The van der Waals surface area contributed by atoms with Crippen LogP contribution in [0, 0.1) is 15.3 Å². The minimum Gasteiger partial charge on any atom is -0.340 e. The van der Waals surface area contributed by atoms with Crippen molar-refractivity contribution in [1.82, 2.24) is 5.32 Å². The van der Waals surface area contributed by atoms with E-state index in [0.717, 1.165) is 3.57 Å². The molecule has 2 aromatic rings. The third kappa shape index (κ3) is 4.53. The zero-order valence-corrected chi connectivity index (χ0v) is 15.5. The van der Waals surface area contributed by atoms with Crippen molar-refractivity contribution in [1.29, 1.82) is 0 Å². The third-order valence-corrected chi connectivity index (χ3v) is 4.43. The monoisotopic (exact) mass is 440 g/mol. The maximum Gasteiger partial charge on any atom is 0.254 e. The van der Waals surface area contributed by atoms with Gasteiger partial charge in [0.15, 0.2) is 0 Å². The van der Waals surface area contributed by atoms with E-state index < -0.39 is 17.8 Å². The Kier molecular flexibility index (Phi) is 6.30. The highest BCUT2D eigenvalue weighted by atomic mass is 127. The quantitative estimate of drug-likeness (QED) is 0.695. The zero-order chi connectivity index (χ0) is 17.7. The number of halogens is 2. The Hall–Kier alpha value is -1.96. The second-order valence-corrected chi connectivity index (χ2v) is 6.81. The van der Waals surface area contributed by atoms with Crippen LogP contribution in [0.15, 0.2) is 48.5 Å². The van der Waals surface area contributed by atoms with E-state index in [2.05, 4.69) is 33.2 Å². The van der Waals surface area contributed by atoms with Gasteiger partial charge >= 0.3 is 0 Å². The van der Waals surface area contributed by atoms with Gasteiger partial charge in [-0.15, -0.1) is 0 Å². The van der Waals surface area contributed by atoms with Gasteiger partial charge < -0.3 is 10.6 Å². The summed E-state index contributed by atoms with van der Waals surface area (Å²) in [5.41, 5.74) is 0.596. The Balaban J connectivity index is 2.15. The molecule has 24 heavy (non-hydrogen) atoms. The fourth-order valence-electron chi connectivity index (χ4n) is 2.17. The lowest BCUT2D eigenvalue weighted by Gasteiger charge is -2.22. The molecule has 2 N–H and O–H groups in total. The second kappa shape index (κ2) is 8.23. The minimum absolute atomic E-state index is 0.0785. The van der Waals surface area contributed by atoms with Gasteiger partial charge in [-0.2, -0.15) is 0 Å². The average molecular weight is 440 g/mol. The molecule has 0 radical (unpaired) electrons. The lowest BCUT2D eigenvalue weighted by Crippen LogP contribution is -2.47. The van der Waals surface area contributed by atoms with Crippen LogP contribution < -0.4 is 10.6 Å². The fraction of sp³-hybridized carbons (Fsp3) is 0.222. The molecule has 0 fully saturated rings. The van der Waals surface area contributed by atoms with E-state index in [9.17, 15) is 14.0 Å². The van der Waals surface area contributed by atoms with Gasteiger partial charge in [0, 0.05) is 3.57 Å². The summed E-state index contributed by atoms with van der Waals surface area (Å²) in [7, 11) is 0. The molecule has 1 atom stereocenters. The summed E-state index contributed by atoms with van der Waals surface area (Å²) in [6.45, 7) is 3.64. The van der Waals surface area contributed by atoms with Crippen LogP contribution in [0.1, 0.15) is 24.2 Å². The Morgan fingerprint density at radius 2 is 1.67 bits per heavy atom. The highest BCUT2D eigenvalue weighted by Crippen LogP contribution is 2.18. The molecule has 0 spiro atoms. The fourth-order valence-corrected chi connectivity index (χ4v) is 2.69. The highest BCUT2D eigenvalue weighted by molar-refractivity contribution is 14.1. The van der Waals surface area contributed by atoms with Crippen molar-refractivity contribution in [3.8, 4) is 0 Å². The first kappa shape index (κ1) is 18.4. The van der Waals surface area contributed by atoms with Crippen LogP contribution in [0.25, 0.3) is 0 Å². The van der Waals surface area contributed by atoms with E-state index in [1.165, 1.54) is 18.2 Å². The van der Waals surface area contributed by atoms with Crippen molar-refractivity contribution in [2.75, 3.05) is 5.32 Å². The number of carbonyl (C=O) groups excluding carboxylic acids is 2. The SMILES string of the molecule is CC(C)[C@H](NC(=O)c1ccccc1F)C(=O)Nc1ccccc1I. The van der Waals surface area contributed by atoms with Crippen molar-refractivity contribution >= 4 is 40.1 Å². The number of anilines is 1. The molecule has 0 aliphatic heterocycles. The summed E-state index contributed by atoms with van der Waals surface area (Å²) in [6, 6.07) is 12.3. The molecule has 6 heteroatoms. The van der Waals surface area contributed by atoms with E-state index in [4.69, 9.17) is 0 Å². The first-order valence-corrected chi connectivity index (χ1v) is 8.59. The van der Waals surface area contributed by atoms with Crippen LogP contribution in [0.3, 0.4) is 0 Å². The van der Waals surface area contributed by atoms with Crippen LogP contribution in [0.4, 0.5) is 10.1 Å². The molecule has 0 saturated heterocycles. The lowest BCUT2D eigenvalue weighted by molar-refractivity contribution is -0.118. The van der Waals surface area contributed by atoms with Crippen molar-refractivity contribution < 1.29 is 14.0 Å². The molecular weight excluding hydrogens is 422 g/mol. The summed E-state index contributed by atoms with van der Waals surface area (Å²) in [6.07, 6.45) is 0. The van der Waals surface area contributed by atoms with E-state index in [0.29, 0.717) is 5.69 Å². The van der Waals surface area contributed by atoms with Crippen molar-refractivity contribution in [3.05, 3.63) is 63.5 Å². The number of amides is 2. The molecule has 2 amide bonds. The molecular formula is C18H18FIN2O2. The van der Waals surface area contributed by atoms with Crippen molar-refractivity contribution in [2.24, 2.45) is 5.92 Å². The number of nitrogens with one attached hydrogen (secondary N) is 2. The average Bonchev–Trinajstić information content (AvgIpc) is 2.54. The number of carbonyl (C=O) groups is 2. The molecule has 0 bridgehead atoms. The van der Waals surface area contributed by atoms with E-state index in [1.54, 1.807) is 12.1 Å². The molecule has 0 saturated carbocycles. The molecule has 0 heterocycles. The maximum absolute atomic E-state index is 13.7. The first-order chi connectivity index (χ1) is 11.4. The van der Waals surface area contributed by atoms with Gasteiger partial charge in [0.2, 0.25) is 5.91 Å². The van der Waals surface area contributed by atoms with Gasteiger partial charge in [0.25, 0.3) is 5.91 Å². The summed E-state index contributed by atoms with van der Waals surface area (Å²) < 4.78 is 14.6. The smallest absolute Gasteiger partial charge is 0.254 e. The Morgan fingerprint density at radius 1 is 1.04 bits per heavy atom. The molecule has 4 nitrogen and oxygen atoms in total. The van der Waals surface area contributed by atoms with Crippen LogP contribution in [0.5, 0.6) is 0 Å². The van der Waals surface area contributed by atoms with Crippen LogP contribution in [-0.2, 0) is 4.79 Å². The minimum atomic E-state index is -0.770. The molecule has 0 aliphatic carbocycles. The number of benzene rings is 2. The normalized spacial score (nSPS) is 11.9. The topological polar surface area (TPSA) is 58.2 Å². The lowest BCUT2D eigenvalue weighted by atomic mass is 10.0. The van der Waals surface area contributed by atoms with Gasteiger partial charge in [-0.3, -0.25) is 9.59 Å². The Morgan fingerprint density at radius 3 is 2.29 bits per heavy atom. The third-order valence-electron chi connectivity index (χ3n) is 3.49. The highest BCUT2D eigenvalue weighted by Gasteiger charge is 2.26. The van der Waals surface area contributed by atoms with Gasteiger partial charge in [-0.25, -0.2) is 4.39 Å². The Bertz CT molecular complexity index is 749. The molecule has 0 aromatic heterocycles. The molecule has 2 rings (SSSR count). The number of hydrogen-bond donors (Lipinski definition) is 2. The number of rotatable bonds is 5. The van der Waals surface area contributed by atoms with Crippen LogP contribution in [-0.4, -0.2) is 17.9 Å².